The molecule has 28 heavy (non-hydrogen) atoms. The van der Waals surface area contributed by atoms with Crippen molar-refractivity contribution in [3.05, 3.63) is 52.3 Å². The molecular formula is C19H21N3O3S3. The molecule has 0 bridgehead atoms. The van der Waals surface area contributed by atoms with Gasteiger partial charge < -0.3 is 5.32 Å². The van der Waals surface area contributed by atoms with E-state index in [1.165, 1.54) is 23.5 Å². The molecule has 148 valence electrons. The van der Waals surface area contributed by atoms with E-state index in [-0.39, 0.29) is 17.3 Å². The largest absolute Gasteiger partial charge is 0.326 e. The van der Waals surface area contributed by atoms with Gasteiger partial charge in [-0.25, -0.2) is 18.1 Å². The lowest BCUT2D eigenvalue weighted by molar-refractivity contribution is -0.116. The van der Waals surface area contributed by atoms with E-state index in [1.54, 1.807) is 23.5 Å². The van der Waals surface area contributed by atoms with Crippen LogP contribution in [0.25, 0.3) is 9.88 Å². The number of nitrogens with one attached hydrogen (secondary N) is 2. The molecule has 1 aromatic carbocycles. The van der Waals surface area contributed by atoms with Crippen LogP contribution in [-0.4, -0.2) is 19.3 Å². The molecule has 0 aliphatic rings. The number of amides is 1. The monoisotopic (exact) mass is 435 g/mol. The molecule has 2 aromatic heterocycles. The van der Waals surface area contributed by atoms with Crippen molar-refractivity contribution in [2.24, 2.45) is 0 Å². The van der Waals surface area contributed by atoms with Crippen LogP contribution in [0.5, 0.6) is 0 Å². The van der Waals surface area contributed by atoms with Gasteiger partial charge in [0.2, 0.25) is 15.9 Å². The predicted octanol–water partition coefficient (Wildman–Crippen LogP) is 4.40. The Morgan fingerprint density at radius 2 is 1.93 bits per heavy atom. The van der Waals surface area contributed by atoms with Crippen molar-refractivity contribution in [3.8, 4) is 9.88 Å². The van der Waals surface area contributed by atoms with Crippen molar-refractivity contribution in [1.82, 2.24) is 9.71 Å². The van der Waals surface area contributed by atoms with Gasteiger partial charge in [0.05, 0.1) is 15.5 Å². The van der Waals surface area contributed by atoms with Crippen LogP contribution in [0, 0.1) is 6.92 Å². The maximum atomic E-state index is 12.6. The minimum atomic E-state index is -3.66. The van der Waals surface area contributed by atoms with Gasteiger partial charge in [-0.05, 0) is 49.1 Å². The zero-order valence-electron chi connectivity index (χ0n) is 15.6. The molecular weight excluding hydrogens is 414 g/mol. The molecule has 0 unspecified atom stereocenters. The van der Waals surface area contributed by atoms with Gasteiger partial charge in [-0.1, -0.05) is 13.0 Å². The topological polar surface area (TPSA) is 88.2 Å². The quantitative estimate of drug-likeness (QED) is 0.549. The molecule has 0 saturated carbocycles. The zero-order chi connectivity index (χ0) is 20.1. The Balaban J connectivity index is 1.66. The first-order chi connectivity index (χ1) is 13.4. The highest BCUT2D eigenvalue weighted by molar-refractivity contribution is 7.89. The number of aryl methyl sites for hydroxylation is 1. The highest BCUT2D eigenvalue weighted by atomic mass is 32.2. The van der Waals surface area contributed by atoms with E-state index >= 15 is 0 Å². The second-order valence-corrected chi connectivity index (χ2v) is 9.95. The number of thiazole rings is 1. The van der Waals surface area contributed by atoms with Crippen LogP contribution >= 0.6 is 22.7 Å². The number of rotatable bonds is 8. The van der Waals surface area contributed by atoms with Gasteiger partial charge in [0.25, 0.3) is 0 Å². The van der Waals surface area contributed by atoms with Gasteiger partial charge in [0.1, 0.15) is 5.01 Å². The molecule has 3 rings (SSSR count). The summed E-state index contributed by atoms with van der Waals surface area (Å²) in [5.74, 6) is -0.0848. The van der Waals surface area contributed by atoms with Crippen molar-refractivity contribution < 1.29 is 13.2 Å². The fraction of sp³-hybridized carbons (Fsp3) is 0.263. The fourth-order valence-corrected chi connectivity index (χ4v) is 5.40. The number of hydrogen-bond donors (Lipinski definition) is 2. The van der Waals surface area contributed by atoms with E-state index in [1.807, 2.05) is 31.4 Å². The molecule has 6 nitrogen and oxygen atoms in total. The lowest BCUT2D eigenvalue weighted by Crippen LogP contribution is -2.23. The maximum absolute atomic E-state index is 12.6. The Hall–Kier alpha value is -2.07. The third kappa shape index (κ3) is 5.05. The molecule has 1 amide bonds. The number of carbonyl (C=O) groups is 1. The summed E-state index contributed by atoms with van der Waals surface area (Å²) < 4.78 is 27.8. The Morgan fingerprint density at radius 3 is 2.57 bits per heavy atom. The Labute approximate surface area is 172 Å². The number of sulfonamides is 1. The van der Waals surface area contributed by atoms with Gasteiger partial charge in [0, 0.05) is 23.5 Å². The third-order valence-electron chi connectivity index (χ3n) is 3.97. The van der Waals surface area contributed by atoms with E-state index in [9.17, 15) is 13.2 Å². The second-order valence-electron chi connectivity index (χ2n) is 6.15. The lowest BCUT2D eigenvalue weighted by atomic mass is 10.3. The first-order valence-corrected chi connectivity index (χ1v) is 12.0. The lowest BCUT2D eigenvalue weighted by Gasteiger charge is -2.08. The van der Waals surface area contributed by atoms with Gasteiger partial charge in [-0.15, -0.1) is 22.7 Å². The average molecular weight is 436 g/mol. The summed E-state index contributed by atoms with van der Waals surface area (Å²) in [6, 6.07) is 10.1. The number of benzene rings is 1. The first kappa shape index (κ1) is 20.7. The summed E-state index contributed by atoms with van der Waals surface area (Å²) in [4.78, 5) is 18.3. The van der Waals surface area contributed by atoms with Crippen LogP contribution < -0.4 is 10.0 Å². The molecule has 0 fully saturated rings. The molecule has 0 aliphatic heterocycles. The van der Waals surface area contributed by atoms with Crippen molar-refractivity contribution in [1.29, 1.82) is 0 Å². The summed E-state index contributed by atoms with van der Waals surface area (Å²) in [5.41, 5.74) is 1.40. The van der Waals surface area contributed by atoms with Crippen molar-refractivity contribution in [3.63, 3.8) is 0 Å². The number of aromatic nitrogens is 1. The number of thiophene rings is 1. The number of anilines is 1. The van der Waals surface area contributed by atoms with Crippen molar-refractivity contribution in [2.75, 3.05) is 5.32 Å². The van der Waals surface area contributed by atoms with Gasteiger partial charge in [-0.2, -0.15) is 0 Å². The molecule has 2 N–H and O–H groups in total. The summed E-state index contributed by atoms with van der Waals surface area (Å²) in [6.45, 7) is 3.99. The smallest absolute Gasteiger partial charge is 0.240 e. The number of carbonyl (C=O) groups excluding carboxylic acids is 1. The minimum Gasteiger partial charge on any atom is -0.326 e. The van der Waals surface area contributed by atoms with Gasteiger partial charge in [-0.3, -0.25) is 4.79 Å². The number of hydrogen-bond acceptors (Lipinski definition) is 6. The van der Waals surface area contributed by atoms with Crippen molar-refractivity contribution in [2.45, 2.75) is 38.1 Å². The minimum absolute atomic E-state index is 0.0848. The molecule has 0 aliphatic carbocycles. The Bertz CT molecular complexity index is 1040. The van der Waals surface area contributed by atoms with Crippen LogP contribution in [0.2, 0.25) is 0 Å². The van der Waals surface area contributed by atoms with Crippen LogP contribution in [0.3, 0.4) is 0 Å². The Kier molecular flexibility index (Phi) is 6.61. The molecule has 0 saturated heterocycles. The standard InChI is InChI=1S/C19H21N3O3S3/c1-3-5-18(23)22-14-7-9-15(10-8-14)28(24,25)20-12-17-13(2)21-19(27-17)16-6-4-11-26-16/h4,6-11,20H,3,5,12H2,1-2H3,(H,22,23). The molecule has 0 spiro atoms. The predicted molar refractivity (Wildman–Crippen MR) is 114 cm³/mol. The molecule has 0 atom stereocenters. The Morgan fingerprint density at radius 1 is 1.18 bits per heavy atom. The zero-order valence-corrected chi connectivity index (χ0v) is 18.0. The van der Waals surface area contributed by atoms with E-state index in [4.69, 9.17) is 0 Å². The van der Waals surface area contributed by atoms with Crippen LogP contribution in [0.1, 0.15) is 30.3 Å². The van der Waals surface area contributed by atoms with E-state index in [0.29, 0.717) is 12.1 Å². The SMILES string of the molecule is CCCC(=O)Nc1ccc(S(=O)(=O)NCc2sc(-c3cccs3)nc2C)cc1. The van der Waals surface area contributed by atoms with Gasteiger partial charge in [0.15, 0.2) is 0 Å². The normalized spacial score (nSPS) is 11.5. The van der Waals surface area contributed by atoms with Crippen molar-refractivity contribution >= 4 is 44.3 Å². The maximum Gasteiger partial charge on any atom is 0.240 e. The van der Waals surface area contributed by atoms with Gasteiger partial charge >= 0.3 is 0 Å². The van der Waals surface area contributed by atoms with E-state index < -0.39 is 10.0 Å². The molecule has 0 radical (unpaired) electrons. The summed E-state index contributed by atoms with van der Waals surface area (Å²) in [6.07, 6.45) is 1.19. The van der Waals surface area contributed by atoms with E-state index in [0.717, 1.165) is 26.9 Å². The molecule has 9 heteroatoms. The third-order valence-corrected chi connectivity index (χ3v) is 7.59. The summed E-state index contributed by atoms with van der Waals surface area (Å²) in [5, 5.41) is 5.63. The highest BCUT2D eigenvalue weighted by Crippen LogP contribution is 2.31. The summed E-state index contributed by atoms with van der Waals surface area (Å²) in [7, 11) is -3.66. The highest BCUT2D eigenvalue weighted by Gasteiger charge is 2.17. The van der Waals surface area contributed by atoms with Crippen LogP contribution in [0.15, 0.2) is 46.7 Å². The first-order valence-electron chi connectivity index (χ1n) is 8.79. The van der Waals surface area contributed by atoms with E-state index in [2.05, 4.69) is 15.0 Å². The second kappa shape index (κ2) is 8.95. The average Bonchev–Trinajstić information content (AvgIpc) is 3.30. The summed E-state index contributed by atoms with van der Waals surface area (Å²) >= 11 is 3.10. The molecule has 2 heterocycles. The number of nitrogens with zero attached hydrogens (tertiary/aromatic N) is 1. The fourth-order valence-electron chi connectivity index (χ4n) is 2.51. The van der Waals surface area contributed by atoms with Crippen LogP contribution in [-0.2, 0) is 21.4 Å². The molecule has 3 aromatic rings. The van der Waals surface area contributed by atoms with Crippen LogP contribution in [0.4, 0.5) is 5.69 Å².